The predicted molar refractivity (Wildman–Crippen MR) is 121 cm³/mol. The van der Waals surface area contributed by atoms with Crippen molar-refractivity contribution in [2.24, 2.45) is 0 Å². The third kappa shape index (κ3) is 8.61. The largest absolute Gasteiger partial charge is 0.512 e. The van der Waals surface area contributed by atoms with Crippen LogP contribution in [0.1, 0.15) is 52.0 Å². The van der Waals surface area contributed by atoms with E-state index in [-0.39, 0.29) is 31.6 Å². The Bertz CT molecular complexity index is 939. The van der Waals surface area contributed by atoms with Gasteiger partial charge in [-0.25, -0.2) is 0 Å². The predicted octanol–water partition coefficient (Wildman–Crippen LogP) is 6.86. The summed E-state index contributed by atoms with van der Waals surface area (Å²) in [6.45, 7) is 5.10. The number of unbranched alkanes of at least 4 members (excludes halogenated alkanes) is 3. The van der Waals surface area contributed by atoms with Gasteiger partial charge in [-0.2, -0.15) is 0 Å². The van der Waals surface area contributed by atoms with Crippen molar-refractivity contribution in [1.29, 1.82) is 0 Å². The molecule has 0 aliphatic carbocycles. The Labute approximate surface area is 193 Å². The van der Waals surface area contributed by atoms with Crippen LogP contribution >= 0.6 is 0 Å². The molecule has 0 saturated carbocycles. The Hall–Kier alpha value is -2.29. The Morgan fingerprint density at radius 1 is 1.07 bits per heavy atom. The van der Waals surface area contributed by atoms with Crippen LogP contribution < -0.4 is 0 Å². The fraction of sp³-hybridized carbons (Fsp3) is 0.308. The summed E-state index contributed by atoms with van der Waals surface area (Å²) in [6.07, 6.45) is 9.42. The molecule has 1 aromatic heterocycles. The molecule has 2 aromatic carbocycles. The molecule has 1 radical (unpaired) electrons. The number of hydrogen-bond acceptors (Lipinski definition) is 3. The molecule has 1 heterocycles. The fourth-order valence-corrected chi connectivity index (χ4v) is 3.14. The van der Waals surface area contributed by atoms with E-state index in [0.29, 0.717) is 0 Å². The van der Waals surface area contributed by atoms with Gasteiger partial charge in [0, 0.05) is 32.4 Å². The summed E-state index contributed by atoms with van der Waals surface area (Å²) < 4.78 is 0. The maximum absolute atomic E-state index is 10.0. The van der Waals surface area contributed by atoms with Crippen LogP contribution in [-0.2, 0) is 31.3 Å². The number of pyridine rings is 1. The fourth-order valence-electron chi connectivity index (χ4n) is 3.14. The van der Waals surface area contributed by atoms with Crippen molar-refractivity contribution < 1.29 is 30.0 Å². The second-order valence-corrected chi connectivity index (χ2v) is 7.20. The van der Waals surface area contributed by atoms with E-state index in [1.165, 1.54) is 61.9 Å². The Morgan fingerprint density at radius 3 is 2.43 bits per heavy atom. The van der Waals surface area contributed by atoms with Crippen LogP contribution in [-0.4, -0.2) is 15.9 Å². The molecule has 0 fully saturated rings. The number of aromatic nitrogens is 1. The van der Waals surface area contributed by atoms with Crippen molar-refractivity contribution in [3.05, 3.63) is 78.2 Å². The van der Waals surface area contributed by atoms with Crippen molar-refractivity contribution in [2.45, 2.75) is 52.9 Å². The van der Waals surface area contributed by atoms with Gasteiger partial charge >= 0.3 is 0 Å². The van der Waals surface area contributed by atoms with E-state index in [1.54, 1.807) is 0 Å². The average Bonchev–Trinajstić information content (AvgIpc) is 2.71. The van der Waals surface area contributed by atoms with Crippen LogP contribution in [0, 0.1) is 6.07 Å². The number of fused-ring (bicyclic) bond motifs is 1. The first-order valence-electron chi connectivity index (χ1n) is 10.2. The molecule has 161 valence electrons. The Morgan fingerprint density at radius 2 is 1.83 bits per heavy atom. The van der Waals surface area contributed by atoms with Gasteiger partial charge < -0.3 is 10.1 Å². The number of aryl methyl sites for hydroxylation is 1. The van der Waals surface area contributed by atoms with Gasteiger partial charge in [0.1, 0.15) is 0 Å². The first kappa shape index (κ1) is 25.7. The van der Waals surface area contributed by atoms with Gasteiger partial charge in [-0.05, 0) is 36.4 Å². The Kier molecular flexibility index (Phi) is 11.9. The zero-order chi connectivity index (χ0) is 21.1. The van der Waals surface area contributed by atoms with Crippen molar-refractivity contribution in [2.75, 3.05) is 0 Å². The second kappa shape index (κ2) is 13.8. The molecular formula is C26H30IrNO2-. The van der Waals surface area contributed by atoms with Crippen molar-refractivity contribution >= 4 is 16.6 Å². The van der Waals surface area contributed by atoms with E-state index in [0.717, 1.165) is 17.7 Å². The topological polar surface area (TPSA) is 50.2 Å². The zero-order valence-corrected chi connectivity index (χ0v) is 20.3. The Balaban J connectivity index is 0.000000489. The molecule has 0 aliphatic rings. The van der Waals surface area contributed by atoms with Crippen LogP contribution in [0.4, 0.5) is 0 Å². The maximum Gasteiger partial charge on any atom is 0.155 e. The number of hydrogen-bond donors (Lipinski definition) is 1. The molecule has 4 heteroatoms. The number of ketones is 1. The first-order valence-corrected chi connectivity index (χ1v) is 10.2. The SMILES string of the molecule is CC(=O)/C=C(/C)O.CCCCCCc1c[c-]c(-c2nccc3ccccc23)cc1.[Ir]. The first-order chi connectivity index (χ1) is 14.0. The van der Waals surface area contributed by atoms with E-state index in [2.05, 4.69) is 66.5 Å². The van der Waals surface area contributed by atoms with Crippen LogP contribution in [0.15, 0.2) is 66.6 Å². The molecule has 0 bridgehead atoms. The number of aliphatic hydroxyl groups excluding tert-OH is 1. The van der Waals surface area contributed by atoms with Crippen molar-refractivity contribution in [3.8, 4) is 11.3 Å². The normalized spacial score (nSPS) is 10.7. The van der Waals surface area contributed by atoms with E-state index in [1.807, 2.05) is 6.20 Å². The molecule has 0 unspecified atom stereocenters. The summed E-state index contributed by atoms with van der Waals surface area (Å²) in [5.74, 6) is -0.0625. The van der Waals surface area contributed by atoms with Crippen molar-refractivity contribution in [1.82, 2.24) is 4.98 Å². The monoisotopic (exact) mass is 581 g/mol. The average molecular weight is 581 g/mol. The number of carbonyl (C=O) groups excluding carboxylic acids is 1. The molecule has 30 heavy (non-hydrogen) atoms. The van der Waals surface area contributed by atoms with Crippen LogP contribution in [0.5, 0.6) is 0 Å². The minimum atomic E-state index is -0.125. The van der Waals surface area contributed by atoms with Gasteiger partial charge in [0.05, 0.1) is 5.76 Å². The van der Waals surface area contributed by atoms with Crippen LogP contribution in [0.25, 0.3) is 22.0 Å². The number of rotatable bonds is 7. The minimum absolute atomic E-state index is 0. The van der Waals surface area contributed by atoms with Gasteiger partial charge in [-0.3, -0.25) is 4.79 Å². The van der Waals surface area contributed by atoms with E-state index in [9.17, 15) is 4.79 Å². The third-order valence-electron chi connectivity index (χ3n) is 4.54. The summed E-state index contributed by atoms with van der Waals surface area (Å²) in [6, 6.07) is 20.4. The van der Waals surface area contributed by atoms with Crippen LogP contribution in [0.2, 0.25) is 0 Å². The van der Waals surface area contributed by atoms with Gasteiger partial charge in [0.15, 0.2) is 5.78 Å². The smallest absolute Gasteiger partial charge is 0.155 e. The molecule has 0 aliphatic heterocycles. The molecule has 3 rings (SSSR count). The number of nitrogens with zero attached hydrogens (tertiary/aromatic N) is 1. The maximum atomic E-state index is 10.0. The molecule has 3 nitrogen and oxygen atoms in total. The van der Waals surface area contributed by atoms with E-state index >= 15 is 0 Å². The quantitative estimate of drug-likeness (QED) is 0.144. The summed E-state index contributed by atoms with van der Waals surface area (Å²) >= 11 is 0. The molecule has 3 aromatic rings. The van der Waals surface area contributed by atoms with E-state index in [4.69, 9.17) is 5.11 Å². The molecule has 0 saturated heterocycles. The third-order valence-corrected chi connectivity index (χ3v) is 4.54. The number of allylic oxidation sites excluding steroid dienone is 2. The number of benzene rings is 2. The summed E-state index contributed by atoms with van der Waals surface area (Å²) in [4.78, 5) is 14.6. The molecule has 0 amide bonds. The molecule has 1 N–H and O–H groups in total. The van der Waals surface area contributed by atoms with Crippen molar-refractivity contribution in [3.63, 3.8) is 0 Å². The molecular weight excluding hydrogens is 551 g/mol. The van der Waals surface area contributed by atoms with Gasteiger partial charge in [0.2, 0.25) is 0 Å². The molecule has 0 spiro atoms. The number of aliphatic hydroxyl groups is 1. The van der Waals surface area contributed by atoms with Crippen LogP contribution in [0.3, 0.4) is 0 Å². The van der Waals surface area contributed by atoms with Gasteiger partial charge in [0.25, 0.3) is 0 Å². The zero-order valence-electron chi connectivity index (χ0n) is 17.9. The number of carbonyl (C=O) groups is 1. The molecule has 0 atom stereocenters. The summed E-state index contributed by atoms with van der Waals surface area (Å²) in [5.41, 5.74) is 3.48. The van der Waals surface area contributed by atoms with Gasteiger partial charge in [-0.15, -0.1) is 35.4 Å². The second-order valence-electron chi connectivity index (χ2n) is 7.20. The standard InChI is InChI=1S/C21H22N.C5H8O2.Ir/c1-2-3-4-5-8-17-11-13-19(14-12-17)21-20-10-7-6-9-18(20)15-16-22-21;1-4(6)3-5(2)7;/h6-7,9-13,15-16H,2-5,8H2,1H3;3,6H,1-2H3;/q-1;;/b;4-3-;. The summed E-state index contributed by atoms with van der Waals surface area (Å²) in [5, 5.41) is 10.8. The summed E-state index contributed by atoms with van der Waals surface area (Å²) in [7, 11) is 0. The van der Waals surface area contributed by atoms with E-state index < -0.39 is 0 Å². The minimum Gasteiger partial charge on any atom is -0.512 e. The van der Waals surface area contributed by atoms with Gasteiger partial charge in [-0.1, -0.05) is 63.3 Å².